The third-order valence-corrected chi connectivity index (χ3v) is 3.16. The number of carbonyl (C=O) groups excluding carboxylic acids is 1. The van der Waals surface area contributed by atoms with Gasteiger partial charge in [0.1, 0.15) is 0 Å². The molecule has 1 aromatic rings. The zero-order valence-electron chi connectivity index (χ0n) is 8.41. The predicted molar refractivity (Wildman–Crippen MR) is 65.8 cm³/mol. The standard InChI is InChI=1S/C10H11Cl2N3O/c11-7-2-6(3-8(12)10(7)14)15-4-5(13)1-9(15)16/h2-3,5H,1,4,13-14H2. The van der Waals surface area contributed by atoms with Crippen molar-refractivity contribution in [1.82, 2.24) is 0 Å². The molecule has 1 fully saturated rings. The Hall–Kier alpha value is -0.970. The van der Waals surface area contributed by atoms with Crippen LogP contribution in [0.1, 0.15) is 6.42 Å². The van der Waals surface area contributed by atoms with Crippen molar-refractivity contribution in [3.05, 3.63) is 22.2 Å². The monoisotopic (exact) mass is 259 g/mol. The van der Waals surface area contributed by atoms with Gasteiger partial charge in [-0.2, -0.15) is 0 Å². The van der Waals surface area contributed by atoms with E-state index in [9.17, 15) is 4.79 Å². The number of nitrogens with zero attached hydrogens (tertiary/aromatic N) is 1. The molecule has 6 heteroatoms. The van der Waals surface area contributed by atoms with Gasteiger partial charge in [0, 0.05) is 24.7 Å². The fourth-order valence-electron chi connectivity index (χ4n) is 1.71. The molecule has 0 bridgehead atoms. The van der Waals surface area contributed by atoms with Gasteiger partial charge in [-0.1, -0.05) is 23.2 Å². The lowest BCUT2D eigenvalue weighted by molar-refractivity contribution is -0.117. The molecular formula is C10H11Cl2N3O. The van der Waals surface area contributed by atoms with Crippen LogP contribution < -0.4 is 16.4 Å². The molecule has 0 radical (unpaired) electrons. The van der Waals surface area contributed by atoms with Gasteiger partial charge in [0.15, 0.2) is 0 Å². The van der Waals surface area contributed by atoms with Crippen molar-refractivity contribution in [2.45, 2.75) is 12.5 Å². The third-order valence-electron chi connectivity index (χ3n) is 2.53. The molecule has 1 aliphatic rings. The van der Waals surface area contributed by atoms with Crippen LogP contribution in [-0.2, 0) is 4.79 Å². The summed E-state index contributed by atoms with van der Waals surface area (Å²) in [4.78, 5) is 13.2. The van der Waals surface area contributed by atoms with E-state index in [1.165, 1.54) is 0 Å². The van der Waals surface area contributed by atoms with Gasteiger partial charge in [-0.05, 0) is 12.1 Å². The topological polar surface area (TPSA) is 72.3 Å². The van der Waals surface area contributed by atoms with Gasteiger partial charge in [-0.15, -0.1) is 0 Å². The lowest BCUT2D eigenvalue weighted by Gasteiger charge is -2.17. The smallest absolute Gasteiger partial charge is 0.228 e. The number of halogens is 2. The summed E-state index contributed by atoms with van der Waals surface area (Å²) in [6, 6.07) is 3.11. The van der Waals surface area contributed by atoms with E-state index in [0.717, 1.165) is 0 Å². The van der Waals surface area contributed by atoms with Gasteiger partial charge < -0.3 is 16.4 Å². The molecule has 86 valence electrons. The predicted octanol–water partition coefficient (Wildman–Crippen LogP) is 1.64. The molecule has 2 rings (SSSR count). The second kappa shape index (κ2) is 4.13. The van der Waals surface area contributed by atoms with Crippen LogP contribution in [0.15, 0.2) is 12.1 Å². The first-order valence-corrected chi connectivity index (χ1v) is 5.55. The molecular weight excluding hydrogens is 249 g/mol. The fourth-order valence-corrected chi connectivity index (χ4v) is 2.19. The second-order valence-electron chi connectivity index (χ2n) is 3.79. The highest BCUT2D eigenvalue weighted by Crippen LogP contribution is 2.34. The summed E-state index contributed by atoms with van der Waals surface area (Å²) in [6.07, 6.45) is 0.347. The highest BCUT2D eigenvalue weighted by atomic mass is 35.5. The van der Waals surface area contributed by atoms with Gasteiger partial charge in [0.25, 0.3) is 0 Å². The molecule has 0 saturated carbocycles. The van der Waals surface area contributed by atoms with Gasteiger partial charge in [-0.25, -0.2) is 0 Å². The lowest BCUT2D eigenvalue weighted by Crippen LogP contribution is -2.27. The summed E-state index contributed by atoms with van der Waals surface area (Å²) in [6.45, 7) is 0.482. The van der Waals surface area contributed by atoms with Crippen LogP contribution in [0.3, 0.4) is 0 Å². The zero-order chi connectivity index (χ0) is 11.9. The first-order valence-electron chi connectivity index (χ1n) is 4.79. The zero-order valence-corrected chi connectivity index (χ0v) is 9.92. The van der Waals surface area contributed by atoms with Crippen LogP contribution in [0.25, 0.3) is 0 Å². The van der Waals surface area contributed by atoms with Gasteiger partial charge >= 0.3 is 0 Å². The van der Waals surface area contributed by atoms with E-state index in [1.807, 2.05) is 0 Å². The molecule has 1 heterocycles. The number of amides is 1. The molecule has 0 aromatic heterocycles. The number of hydrogen-bond acceptors (Lipinski definition) is 3. The first-order chi connectivity index (χ1) is 7.49. The highest BCUT2D eigenvalue weighted by Gasteiger charge is 2.28. The Morgan fingerprint density at radius 2 is 1.88 bits per heavy atom. The molecule has 1 aromatic carbocycles. The molecule has 4 nitrogen and oxygen atoms in total. The minimum Gasteiger partial charge on any atom is -0.396 e. The Bertz CT molecular complexity index is 427. The van der Waals surface area contributed by atoms with E-state index in [4.69, 9.17) is 34.7 Å². The van der Waals surface area contributed by atoms with Crippen molar-refractivity contribution in [1.29, 1.82) is 0 Å². The average Bonchev–Trinajstić information content (AvgIpc) is 2.53. The maximum Gasteiger partial charge on any atom is 0.228 e. The minimum atomic E-state index is -0.136. The molecule has 0 aliphatic carbocycles. The largest absolute Gasteiger partial charge is 0.396 e. The fraction of sp³-hybridized carbons (Fsp3) is 0.300. The van der Waals surface area contributed by atoms with Crippen LogP contribution in [0.4, 0.5) is 11.4 Å². The van der Waals surface area contributed by atoms with Crippen molar-refractivity contribution in [2.75, 3.05) is 17.2 Å². The lowest BCUT2D eigenvalue weighted by atomic mass is 10.2. The van der Waals surface area contributed by atoms with E-state index in [1.54, 1.807) is 17.0 Å². The summed E-state index contributed by atoms with van der Waals surface area (Å²) >= 11 is 11.8. The summed E-state index contributed by atoms with van der Waals surface area (Å²) in [7, 11) is 0. The van der Waals surface area contributed by atoms with Gasteiger partial charge in [0.05, 0.1) is 15.7 Å². The number of benzene rings is 1. The van der Waals surface area contributed by atoms with Gasteiger partial charge in [0.2, 0.25) is 5.91 Å². The molecule has 1 atom stereocenters. The van der Waals surface area contributed by atoms with Crippen LogP contribution in [-0.4, -0.2) is 18.5 Å². The van der Waals surface area contributed by atoms with Crippen molar-refractivity contribution in [3.8, 4) is 0 Å². The SMILES string of the molecule is Nc1c(Cl)cc(N2CC(N)CC2=O)cc1Cl. The second-order valence-corrected chi connectivity index (χ2v) is 4.61. The molecule has 0 spiro atoms. The van der Waals surface area contributed by atoms with E-state index in [2.05, 4.69) is 0 Å². The van der Waals surface area contributed by atoms with E-state index in [-0.39, 0.29) is 11.9 Å². The number of hydrogen-bond donors (Lipinski definition) is 2. The number of nitrogen functional groups attached to an aromatic ring is 1. The summed E-state index contributed by atoms with van der Waals surface area (Å²) in [5, 5.41) is 0.687. The van der Waals surface area contributed by atoms with E-state index in [0.29, 0.717) is 34.4 Å². The average molecular weight is 260 g/mol. The Labute approximate surface area is 103 Å². The van der Waals surface area contributed by atoms with Crippen LogP contribution in [0.5, 0.6) is 0 Å². The Morgan fingerprint density at radius 1 is 1.31 bits per heavy atom. The Balaban J connectivity index is 2.38. The minimum absolute atomic E-state index is 0.0237. The highest BCUT2D eigenvalue weighted by molar-refractivity contribution is 6.39. The van der Waals surface area contributed by atoms with Gasteiger partial charge in [-0.3, -0.25) is 4.79 Å². The Kier molecular flexibility index (Phi) is 2.97. The Morgan fingerprint density at radius 3 is 2.31 bits per heavy atom. The van der Waals surface area contributed by atoms with Crippen LogP contribution in [0.2, 0.25) is 10.0 Å². The molecule has 1 saturated heterocycles. The molecule has 1 unspecified atom stereocenters. The maximum absolute atomic E-state index is 11.6. The molecule has 1 aliphatic heterocycles. The number of rotatable bonds is 1. The first kappa shape index (κ1) is 11.5. The number of anilines is 2. The maximum atomic E-state index is 11.6. The summed E-state index contributed by atoms with van der Waals surface area (Å²) in [5.41, 5.74) is 12.3. The number of carbonyl (C=O) groups is 1. The van der Waals surface area contributed by atoms with Crippen LogP contribution >= 0.6 is 23.2 Å². The summed E-state index contributed by atoms with van der Waals surface area (Å²) < 4.78 is 0. The molecule has 1 amide bonds. The molecule has 16 heavy (non-hydrogen) atoms. The van der Waals surface area contributed by atoms with Crippen molar-refractivity contribution in [3.63, 3.8) is 0 Å². The quantitative estimate of drug-likeness (QED) is 0.754. The van der Waals surface area contributed by atoms with Crippen LogP contribution in [0, 0.1) is 0 Å². The summed E-state index contributed by atoms with van der Waals surface area (Å²) in [5.74, 6) is -0.0237. The third kappa shape index (κ3) is 1.96. The van der Waals surface area contributed by atoms with Crippen molar-refractivity contribution >= 4 is 40.5 Å². The van der Waals surface area contributed by atoms with Crippen molar-refractivity contribution in [2.24, 2.45) is 5.73 Å². The van der Waals surface area contributed by atoms with Crippen molar-refractivity contribution < 1.29 is 4.79 Å². The van der Waals surface area contributed by atoms with E-state index >= 15 is 0 Å². The van der Waals surface area contributed by atoms with E-state index < -0.39 is 0 Å². The molecule has 4 N–H and O–H groups in total. The number of nitrogens with two attached hydrogens (primary N) is 2. The normalized spacial score (nSPS) is 20.6.